The van der Waals surface area contributed by atoms with Crippen LogP contribution in [0, 0.1) is 0 Å². The van der Waals surface area contributed by atoms with Crippen molar-refractivity contribution in [2.24, 2.45) is 0 Å². The first-order valence-corrected chi connectivity index (χ1v) is 5.07. The molecule has 0 atom stereocenters. The number of rotatable bonds is 3. The Kier molecular flexibility index (Phi) is 3.22. The van der Waals surface area contributed by atoms with E-state index in [1.54, 1.807) is 12.1 Å². The highest BCUT2D eigenvalue weighted by Gasteiger charge is 1.98. The molecule has 79 valence electrons. The third-order valence-corrected chi connectivity index (χ3v) is 2.44. The Hall–Kier alpha value is -1.80. The second-order valence-corrected chi connectivity index (χ2v) is 3.65. The molecule has 2 nitrogen and oxygen atoms in total. The third kappa shape index (κ3) is 2.41. The van der Waals surface area contributed by atoms with Gasteiger partial charge in [-0.1, -0.05) is 35.9 Å². The number of hydrogen-bond acceptors (Lipinski definition) is 2. The standard InChI is InChI=1S/C13H8ClO2/c14-12-5-1-10(2-6-12)11-3-7-13(8-4-11)16-9-15/h1-8H. The smallest absolute Gasteiger partial charge is 0.418 e. The molecule has 0 aliphatic heterocycles. The molecule has 0 bridgehead atoms. The van der Waals surface area contributed by atoms with Crippen LogP contribution in [-0.2, 0) is 4.79 Å². The van der Waals surface area contributed by atoms with E-state index in [1.165, 1.54) is 6.47 Å². The topological polar surface area (TPSA) is 26.3 Å². The predicted octanol–water partition coefficient (Wildman–Crippen LogP) is 3.45. The van der Waals surface area contributed by atoms with Crippen LogP contribution in [0.15, 0.2) is 48.5 Å². The van der Waals surface area contributed by atoms with Gasteiger partial charge < -0.3 is 4.74 Å². The van der Waals surface area contributed by atoms with Crippen LogP contribution in [0.25, 0.3) is 11.1 Å². The summed E-state index contributed by atoms with van der Waals surface area (Å²) in [7, 11) is 0. The van der Waals surface area contributed by atoms with E-state index in [1.807, 2.05) is 36.4 Å². The number of ether oxygens (including phenoxy) is 1. The van der Waals surface area contributed by atoms with Gasteiger partial charge in [-0.15, -0.1) is 0 Å². The van der Waals surface area contributed by atoms with E-state index >= 15 is 0 Å². The number of carbonyl (C=O) groups excluding carboxylic acids is 1. The van der Waals surface area contributed by atoms with Crippen molar-refractivity contribution in [2.75, 3.05) is 0 Å². The number of hydrogen-bond donors (Lipinski definition) is 0. The summed E-state index contributed by atoms with van der Waals surface area (Å²) in [5.41, 5.74) is 2.10. The molecule has 0 fully saturated rings. The zero-order chi connectivity index (χ0) is 11.4. The van der Waals surface area contributed by atoms with Crippen molar-refractivity contribution in [3.8, 4) is 16.9 Å². The Morgan fingerprint density at radius 3 is 1.88 bits per heavy atom. The van der Waals surface area contributed by atoms with Crippen molar-refractivity contribution in [1.29, 1.82) is 0 Å². The molecular formula is C13H8ClO2. The van der Waals surface area contributed by atoms with Crippen molar-refractivity contribution < 1.29 is 9.53 Å². The second kappa shape index (κ2) is 4.81. The van der Waals surface area contributed by atoms with E-state index in [4.69, 9.17) is 11.6 Å². The maximum absolute atomic E-state index is 10.0. The van der Waals surface area contributed by atoms with Crippen molar-refractivity contribution in [3.63, 3.8) is 0 Å². The van der Waals surface area contributed by atoms with Gasteiger partial charge in [0.2, 0.25) is 0 Å². The Morgan fingerprint density at radius 2 is 1.38 bits per heavy atom. The van der Waals surface area contributed by atoms with E-state index in [2.05, 4.69) is 4.74 Å². The van der Waals surface area contributed by atoms with Crippen LogP contribution in [0.4, 0.5) is 0 Å². The molecule has 0 aliphatic rings. The predicted molar refractivity (Wildman–Crippen MR) is 63.2 cm³/mol. The molecule has 2 rings (SSSR count). The lowest BCUT2D eigenvalue weighted by Gasteiger charge is -2.02. The quantitative estimate of drug-likeness (QED) is 0.809. The Bertz CT molecular complexity index is 474. The molecule has 16 heavy (non-hydrogen) atoms. The normalized spacial score (nSPS) is 9.81. The zero-order valence-electron chi connectivity index (χ0n) is 8.31. The van der Waals surface area contributed by atoms with Crippen LogP contribution in [0.5, 0.6) is 5.75 Å². The monoisotopic (exact) mass is 231 g/mol. The highest BCUT2D eigenvalue weighted by atomic mass is 35.5. The van der Waals surface area contributed by atoms with E-state index in [0.29, 0.717) is 10.8 Å². The lowest BCUT2D eigenvalue weighted by Crippen LogP contribution is -1.87. The maximum atomic E-state index is 10.0. The maximum Gasteiger partial charge on any atom is 0.423 e. The first-order chi connectivity index (χ1) is 7.79. The van der Waals surface area contributed by atoms with Gasteiger partial charge >= 0.3 is 6.47 Å². The van der Waals surface area contributed by atoms with Crippen LogP contribution in [0.1, 0.15) is 0 Å². The van der Waals surface area contributed by atoms with E-state index in [0.717, 1.165) is 11.1 Å². The van der Waals surface area contributed by atoms with Gasteiger partial charge in [0.1, 0.15) is 5.75 Å². The first kappa shape index (κ1) is 10.7. The summed E-state index contributed by atoms with van der Waals surface area (Å²) in [4.78, 5) is 10.0. The molecule has 2 aromatic carbocycles. The molecular weight excluding hydrogens is 224 g/mol. The first-order valence-electron chi connectivity index (χ1n) is 4.69. The molecule has 2 aromatic rings. The van der Waals surface area contributed by atoms with Crippen LogP contribution in [-0.4, -0.2) is 6.47 Å². The summed E-state index contributed by atoms with van der Waals surface area (Å²) in [6, 6.07) is 14.7. The average molecular weight is 232 g/mol. The molecule has 0 spiro atoms. The van der Waals surface area contributed by atoms with Crippen LogP contribution < -0.4 is 4.74 Å². The minimum atomic E-state index is 0.479. The Labute approximate surface area is 98.4 Å². The summed E-state index contributed by atoms with van der Waals surface area (Å²) >= 11 is 5.80. The van der Waals surface area contributed by atoms with Gasteiger partial charge in [0.05, 0.1) is 0 Å². The fraction of sp³-hybridized carbons (Fsp3) is 0. The molecule has 0 aliphatic carbocycles. The zero-order valence-corrected chi connectivity index (χ0v) is 9.07. The summed E-state index contributed by atoms with van der Waals surface area (Å²) in [6.07, 6.45) is 0. The van der Waals surface area contributed by atoms with Crippen LogP contribution in [0.3, 0.4) is 0 Å². The highest BCUT2D eigenvalue weighted by molar-refractivity contribution is 6.30. The minimum Gasteiger partial charge on any atom is -0.418 e. The SMILES string of the molecule is O=[C]Oc1ccc(-c2ccc(Cl)cc2)cc1. The lowest BCUT2D eigenvalue weighted by atomic mass is 10.1. The molecule has 0 N–H and O–H groups in total. The van der Waals surface area contributed by atoms with Crippen molar-refractivity contribution in [3.05, 3.63) is 53.6 Å². The van der Waals surface area contributed by atoms with Crippen molar-refractivity contribution >= 4 is 18.1 Å². The Morgan fingerprint density at radius 1 is 0.875 bits per heavy atom. The van der Waals surface area contributed by atoms with Gasteiger partial charge in [0, 0.05) is 5.02 Å². The molecule has 0 amide bonds. The van der Waals surface area contributed by atoms with Gasteiger partial charge in [0.15, 0.2) is 0 Å². The summed E-state index contributed by atoms with van der Waals surface area (Å²) in [5, 5.41) is 0.708. The van der Waals surface area contributed by atoms with Crippen molar-refractivity contribution in [2.45, 2.75) is 0 Å². The third-order valence-electron chi connectivity index (χ3n) is 2.19. The molecule has 0 saturated heterocycles. The highest BCUT2D eigenvalue weighted by Crippen LogP contribution is 2.23. The fourth-order valence-corrected chi connectivity index (χ4v) is 1.53. The summed E-state index contributed by atoms with van der Waals surface area (Å²) in [5.74, 6) is 0.479. The van der Waals surface area contributed by atoms with Gasteiger partial charge in [-0.2, -0.15) is 0 Å². The van der Waals surface area contributed by atoms with E-state index < -0.39 is 0 Å². The van der Waals surface area contributed by atoms with E-state index in [-0.39, 0.29) is 0 Å². The molecule has 0 aromatic heterocycles. The van der Waals surface area contributed by atoms with Crippen LogP contribution >= 0.6 is 11.6 Å². The summed E-state index contributed by atoms with van der Waals surface area (Å²) < 4.78 is 4.59. The van der Waals surface area contributed by atoms with Crippen LogP contribution in [0.2, 0.25) is 5.02 Å². The van der Waals surface area contributed by atoms with Gasteiger partial charge in [-0.25, -0.2) is 4.79 Å². The molecule has 0 unspecified atom stereocenters. The molecule has 0 heterocycles. The second-order valence-electron chi connectivity index (χ2n) is 3.22. The lowest BCUT2D eigenvalue weighted by molar-refractivity contribution is 0.443. The Balaban J connectivity index is 2.27. The van der Waals surface area contributed by atoms with E-state index in [9.17, 15) is 4.79 Å². The minimum absolute atomic E-state index is 0.479. The van der Waals surface area contributed by atoms with Gasteiger partial charge in [-0.05, 0) is 35.4 Å². The van der Waals surface area contributed by atoms with Gasteiger partial charge in [-0.3, -0.25) is 0 Å². The number of benzene rings is 2. The molecule has 3 heteroatoms. The molecule has 0 saturated carbocycles. The molecule has 1 radical (unpaired) electrons. The van der Waals surface area contributed by atoms with Crippen molar-refractivity contribution in [1.82, 2.24) is 0 Å². The fourth-order valence-electron chi connectivity index (χ4n) is 1.41. The number of halogens is 1. The summed E-state index contributed by atoms with van der Waals surface area (Å²) in [6.45, 7) is 1.38. The van der Waals surface area contributed by atoms with Gasteiger partial charge in [0.25, 0.3) is 0 Å². The average Bonchev–Trinajstić information content (AvgIpc) is 2.32. The largest absolute Gasteiger partial charge is 0.423 e.